The summed E-state index contributed by atoms with van der Waals surface area (Å²) in [5.41, 5.74) is 7.93. The third-order valence-corrected chi connectivity index (χ3v) is 8.80. The van der Waals surface area contributed by atoms with Crippen molar-refractivity contribution in [3.8, 4) is 0 Å². The molecule has 1 aliphatic heterocycles. The van der Waals surface area contributed by atoms with E-state index < -0.39 is 11.9 Å². The summed E-state index contributed by atoms with van der Waals surface area (Å²) in [6.45, 7) is 5.93. The Kier molecular flexibility index (Phi) is 7.10. The first-order chi connectivity index (χ1) is 17.2. The lowest BCUT2D eigenvalue weighted by Crippen LogP contribution is -2.37. The van der Waals surface area contributed by atoms with Crippen molar-refractivity contribution < 1.29 is 18.0 Å². The molecule has 0 saturated heterocycles. The topological polar surface area (TPSA) is 46.1 Å². The van der Waals surface area contributed by atoms with Crippen LogP contribution in [-0.4, -0.2) is 27.3 Å². The number of aryl methyl sites for hydroxylation is 1. The molecule has 4 nitrogen and oxygen atoms in total. The van der Waals surface area contributed by atoms with E-state index in [1.165, 1.54) is 67.2 Å². The number of aromatic nitrogens is 2. The van der Waals surface area contributed by atoms with Gasteiger partial charge in [-0.25, -0.2) is 9.97 Å². The highest BCUT2D eigenvalue weighted by Gasteiger charge is 2.34. The molecule has 0 spiro atoms. The second-order valence-corrected chi connectivity index (χ2v) is 11.0. The highest BCUT2D eigenvalue weighted by atomic mass is 19.4. The van der Waals surface area contributed by atoms with E-state index >= 15 is 0 Å². The van der Waals surface area contributed by atoms with Crippen LogP contribution in [0.3, 0.4) is 0 Å². The van der Waals surface area contributed by atoms with Gasteiger partial charge in [0.15, 0.2) is 0 Å². The molecule has 3 aliphatic rings. The third kappa shape index (κ3) is 5.03. The van der Waals surface area contributed by atoms with Crippen molar-refractivity contribution in [2.24, 2.45) is 5.92 Å². The summed E-state index contributed by atoms with van der Waals surface area (Å²) >= 11 is 0. The van der Waals surface area contributed by atoms with E-state index in [4.69, 9.17) is 0 Å². The van der Waals surface area contributed by atoms with Crippen molar-refractivity contribution in [3.63, 3.8) is 0 Å². The average molecular weight is 500 g/mol. The number of amides is 1. The molecule has 2 aliphatic carbocycles. The van der Waals surface area contributed by atoms with Gasteiger partial charge in [0, 0.05) is 32.1 Å². The molecule has 0 atom stereocenters. The normalized spacial score (nSPS) is 18.5. The fourth-order valence-electron chi connectivity index (χ4n) is 6.24. The lowest BCUT2D eigenvalue weighted by atomic mass is 9.69. The van der Waals surface area contributed by atoms with Crippen LogP contribution in [0.5, 0.6) is 0 Å². The van der Waals surface area contributed by atoms with Gasteiger partial charge in [-0.05, 0) is 97.2 Å². The molecule has 0 radical (unpaired) electrons. The van der Waals surface area contributed by atoms with Crippen molar-refractivity contribution in [1.29, 1.82) is 0 Å². The quantitative estimate of drug-likeness (QED) is 0.430. The van der Waals surface area contributed by atoms with Crippen molar-refractivity contribution >= 4 is 5.91 Å². The molecule has 2 heterocycles. The minimum atomic E-state index is -4.49. The van der Waals surface area contributed by atoms with Gasteiger partial charge >= 0.3 is 6.18 Å². The van der Waals surface area contributed by atoms with Gasteiger partial charge in [0.25, 0.3) is 0 Å². The molecule has 194 valence electrons. The monoisotopic (exact) mass is 499 g/mol. The first kappa shape index (κ1) is 25.2. The van der Waals surface area contributed by atoms with Crippen LogP contribution in [0.15, 0.2) is 12.3 Å². The SMILES string of the molecule is Cc1c2c(c(C)c(C3CCC3)c1CC1CCC1)CN(C(=O)CCCc1nccc(C(F)(F)F)n1)CC2. The summed E-state index contributed by atoms with van der Waals surface area (Å²) < 4.78 is 38.7. The molecule has 5 rings (SSSR count). The number of alkyl halides is 3. The second kappa shape index (κ2) is 10.1. The van der Waals surface area contributed by atoms with Gasteiger partial charge < -0.3 is 4.90 Å². The highest BCUT2D eigenvalue weighted by molar-refractivity contribution is 5.76. The molecule has 1 aromatic carbocycles. The minimum absolute atomic E-state index is 0.0633. The van der Waals surface area contributed by atoms with E-state index in [9.17, 15) is 18.0 Å². The zero-order chi connectivity index (χ0) is 25.4. The molecule has 0 bridgehead atoms. The first-order valence-electron chi connectivity index (χ1n) is 13.5. The van der Waals surface area contributed by atoms with Crippen LogP contribution in [0.2, 0.25) is 0 Å². The van der Waals surface area contributed by atoms with Gasteiger partial charge in [0.05, 0.1) is 0 Å². The van der Waals surface area contributed by atoms with E-state index in [1.54, 1.807) is 11.1 Å². The van der Waals surface area contributed by atoms with Crippen LogP contribution in [-0.2, 0) is 36.8 Å². The standard InChI is InChI=1S/C29H36F3N3O/c1-18-22-13-15-35(27(36)11-5-10-26-33-14-12-25(34-26)29(30,31)32)17-24(22)19(2)28(21-8-4-9-21)23(18)16-20-6-3-7-20/h12,14,20-21H,3-11,13,15-17H2,1-2H3. The van der Waals surface area contributed by atoms with Crippen LogP contribution in [0.1, 0.15) is 102 Å². The maximum atomic E-state index is 13.1. The molecule has 0 N–H and O–H groups in total. The van der Waals surface area contributed by atoms with E-state index in [0.29, 0.717) is 31.8 Å². The molecular weight excluding hydrogens is 463 g/mol. The van der Waals surface area contributed by atoms with Crippen LogP contribution < -0.4 is 0 Å². The van der Waals surface area contributed by atoms with E-state index in [2.05, 4.69) is 23.8 Å². The molecule has 0 unspecified atom stereocenters. The second-order valence-electron chi connectivity index (χ2n) is 11.0. The number of nitrogens with zero attached hydrogens (tertiary/aromatic N) is 3. The number of carbonyl (C=O) groups is 1. The molecule has 1 aromatic heterocycles. The summed E-state index contributed by atoms with van der Waals surface area (Å²) in [6, 6.07) is 0.875. The fourth-order valence-corrected chi connectivity index (χ4v) is 6.24. The summed E-state index contributed by atoms with van der Waals surface area (Å²) in [4.78, 5) is 22.6. The fraction of sp³-hybridized carbons (Fsp3) is 0.621. The molecule has 2 aromatic rings. The number of hydrogen-bond donors (Lipinski definition) is 0. The minimum Gasteiger partial charge on any atom is -0.338 e. The smallest absolute Gasteiger partial charge is 0.338 e. The maximum Gasteiger partial charge on any atom is 0.433 e. The number of rotatable bonds is 7. The Labute approximate surface area is 211 Å². The Hall–Kier alpha value is -2.44. The Morgan fingerprint density at radius 3 is 2.47 bits per heavy atom. The summed E-state index contributed by atoms with van der Waals surface area (Å²) in [7, 11) is 0. The summed E-state index contributed by atoms with van der Waals surface area (Å²) in [5.74, 6) is 1.70. The Morgan fingerprint density at radius 2 is 1.83 bits per heavy atom. The average Bonchev–Trinajstić information content (AvgIpc) is 2.79. The van der Waals surface area contributed by atoms with E-state index in [1.807, 2.05) is 4.90 Å². The Morgan fingerprint density at radius 1 is 1.08 bits per heavy atom. The lowest BCUT2D eigenvalue weighted by molar-refractivity contribution is -0.141. The summed E-state index contributed by atoms with van der Waals surface area (Å²) in [5, 5.41) is 0. The first-order valence-corrected chi connectivity index (χ1v) is 13.5. The van der Waals surface area contributed by atoms with Crippen LogP contribution >= 0.6 is 0 Å². The van der Waals surface area contributed by atoms with E-state index in [-0.39, 0.29) is 18.2 Å². The van der Waals surface area contributed by atoms with Gasteiger partial charge in [-0.15, -0.1) is 0 Å². The van der Waals surface area contributed by atoms with Gasteiger partial charge in [0.2, 0.25) is 5.91 Å². The summed E-state index contributed by atoms with van der Waals surface area (Å²) in [6.07, 6.45) is 7.67. The van der Waals surface area contributed by atoms with Gasteiger partial charge in [-0.2, -0.15) is 13.2 Å². The molecule has 1 amide bonds. The van der Waals surface area contributed by atoms with Crippen molar-refractivity contribution in [2.75, 3.05) is 6.54 Å². The van der Waals surface area contributed by atoms with Gasteiger partial charge in [-0.1, -0.05) is 25.7 Å². The number of hydrogen-bond acceptors (Lipinski definition) is 3. The molecule has 36 heavy (non-hydrogen) atoms. The van der Waals surface area contributed by atoms with Crippen molar-refractivity contribution in [2.45, 2.75) is 103 Å². The van der Waals surface area contributed by atoms with E-state index in [0.717, 1.165) is 24.6 Å². The third-order valence-electron chi connectivity index (χ3n) is 8.80. The van der Waals surface area contributed by atoms with Gasteiger partial charge in [0.1, 0.15) is 11.5 Å². The largest absolute Gasteiger partial charge is 0.433 e. The van der Waals surface area contributed by atoms with Crippen LogP contribution in [0.25, 0.3) is 0 Å². The molecule has 2 fully saturated rings. The number of carbonyl (C=O) groups excluding carboxylic acids is 1. The number of benzene rings is 1. The predicted octanol–water partition coefficient (Wildman–Crippen LogP) is 6.63. The molecule has 7 heteroatoms. The zero-order valence-corrected chi connectivity index (χ0v) is 21.4. The van der Waals surface area contributed by atoms with Crippen LogP contribution in [0, 0.1) is 19.8 Å². The number of fused-ring (bicyclic) bond motifs is 1. The maximum absolute atomic E-state index is 13.1. The van der Waals surface area contributed by atoms with Crippen molar-refractivity contribution in [3.05, 3.63) is 57.2 Å². The predicted molar refractivity (Wildman–Crippen MR) is 133 cm³/mol. The lowest BCUT2D eigenvalue weighted by Gasteiger charge is -2.38. The van der Waals surface area contributed by atoms with Gasteiger partial charge in [-0.3, -0.25) is 4.79 Å². The zero-order valence-electron chi connectivity index (χ0n) is 21.4. The Balaban J connectivity index is 1.28. The Bertz CT molecular complexity index is 1140. The number of halogens is 3. The van der Waals surface area contributed by atoms with Crippen molar-refractivity contribution in [1.82, 2.24) is 14.9 Å². The van der Waals surface area contributed by atoms with Crippen LogP contribution in [0.4, 0.5) is 13.2 Å². The molecule has 2 saturated carbocycles. The highest BCUT2D eigenvalue weighted by Crippen LogP contribution is 2.45. The molecular formula is C29H36F3N3O.